The maximum atomic E-state index is 12.0. The van der Waals surface area contributed by atoms with Gasteiger partial charge in [-0.05, 0) is 39.5 Å². The molecule has 7 nitrogen and oxygen atoms in total. The van der Waals surface area contributed by atoms with E-state index < -0.39 is 0 Å². The lowest BCUT2D eigenvalue weighted by Crippen LogP contribution is -2.20. The number of hydrogen-bond donors (Lipinski definition) is 0. The van der Waals surface area contributed by atoms with Crippen molar-refractivity contribution in [2.24, 2.45) is 23.7 Å². The van der Waals surface area contributed by atoms with Crippen molar-refractivity contribution in [3.63, 3.8) is 0 Å². The Morgan fingerprint density at radius 1 is 0.515 bits per heavy atom. The molecule has 0 saturated heterocycles. The SMILES string of the molecule is CC(=O)C(C)CCCCC(C)C(=O)OCCOCCOC(=O)C(C)CCCCC(C)C(C)=O. The van der Waals surface area contributed by atoms with Crippen LogP contribution in [0.1, 0.15) is 92.9 Å². The molecule has 0 heterocycles. The summed E-state index contributed by atoms with van der Waals surface area (Å²) in [5, 5.41) is 0. The zero-order valence-corrected chi connectivity index (χ0v) is 21.7. The van der Waals surface area contributed by atoms with Gasteiger partial charge in [-0.3, -0.25) is 19.2 Å². The third-order valence-electron chi connectivity index (χ3n) is 6.19. The predicted molar refractivity (Wildman–Crippen MR) is 128 cm³/mol. The Kier molecular flexibility index (Phi) is 17.6. The number of carbonyl (C=O) groups excluding carboxylic acids is 4. The highest BCUT2D eigenvalue weighted by atomic mass is 16.6. The van der Waals surface area contributed by atoms with Crippen LogP contribution in [0.2, 0.25) is 0 Å². The van der Waals surface area contributed by atoms with Gasteiger partial charge in [0.25, 0.3) is 0 Å². The van der Waals surface area contributed by atoms with Crippen LogP contribution in [-0.2, 0) is 33.4 Å². The average molecular weight is 471 g/mol. The zero-order valence-electron chi connectivity index (χ0n) is 21.7. The summed E-state index contributed by atoms with van der Waals surface area (Å²) in [6.45, 7) is 11.7. The molecule has 0 N–H and O–H groups in total. The van der Waals surface area contributed by atoms with Gasteiger partial charge in [0, 0.05) is 11.8 Å². The number of ether oxygens (including phenoxy) is 3. The van der Waals surface area contributed by atoms with Crippen molar-refractivity contribution in [3.8, 4) is 0 Å². The van der Waals surface area contributed by atoms with Gasteiger partial charge in [-0.25, -0.2) is 0 Å². The van der Waals surface area contributed by atoms with Gasteiger partial charge in [-0.15, -0.1) is 0 Å². The van der Waals surface area contributed by atoms with Crippen LogP contribution in [0.25, 0.3) is 0 Å². The van der Waals surface area contributed by atoms with Gasteiger partial charge >= 0.3 is 11.9 Å². The van der Waals surface area contributed by atoms with E-state index in [1.807, 2.05) is 27.7 Å². The number of rotatable bonds is 20. The van der Waals surface area contributed by atoms with Gasteiger partial charge in [0.15, 0.2) is 0 Å². The van der Waals surface area contributed by atoms with E-state index in [2.05, 4.69) is 0 Å². The maximum absolute atomic E-state index is 12.0. The molecule has 0 aliphatic rings. The van der Waals surface area contributed by atoms with Gasteiger partial charge in [-0.1, -0.05) is 53.4 Å². The summed E-state index contributed by atoms with van der Waals surface area (Å²) in [5.41, 5.74) is 0. The van der Waals surface area contributed by atoms with Crippen LogP contribution in [-0.4, -0.2) is 49.9 Å². The van der Waals surface area contributed by atoms with Gasteiger partial charge < -0.3 is 14.2 Å². The molecule has 4 atom stereocenters. The number of Topliss-reactive ketones (excluding diaryl/α,β-unsaturated/α-hetero) is 2. The molecular weight excluding hydrogens is 424 g/mol. The fraction of sp³-hybridized carbons (Fsp3) is 0.846. The molecule has 7 heteroatoms. The lowest BCUT2D eigenvalue weighted by atomic mass is 9.97. The Morgan fingerprint density at radius 2 is 0.818 bits per heavy atom. The summed E-state index contributed by atoms with van der Waals surface area (Å²) < 4.78 is 15.8. The monoisotopic (exact) mass is 470 g/mol. The Labute approximate surface area is 200 Å². The summed E-state index contributed by atoms with van der Waals surface area (Å²) in [4.78, 5) is 46.4. The third-order valence-corrected chi connectivity index (χ3v) is 6.19. The first-order valence-corrected chi connectivity index (χ1v) is 12.5. The molecule has 0 amide bonds. The van der Waals surface area contributed by atoms with Crippen molar-refractivity contribution in [2.75, 3.05) is 26.4 Å². The molecule has 0 fully saturated rings. The third kappa shape index (κ3) is 16.5. The van der Waals surface area contributed by atoms with E-state index >= 15 is 0 Å². The molecular formula is C26H46O7. The highest BCUT2D eigenvalue weighted by molar-refractivity contribution is 5.78. The smallest absolute Gasteiger partial charge is 0.308 e. The van der Waals surface area contributed by atoms with Crippen molar-refractivity contribution in [2.45, 2.75) is 92.9 Å². The highest BCUT2D eigenvalue weighted by Gasteiger charge is 2.16. The standard InChI is InChI=1S/C26H46O7/c1-19(23(5)27)11-7-9-13-21(3)25(29)32-17-15-31-16-18-33-26(30)22(4)14-10-8-12-20(2)24(6)28/h19-22H,7-18H2,1-6H3. The van der Waals surface area contributed by atoms with Gasteiger partial charge in [0.05, 0.1) is 25.0 Å². The van der Waals surface area contributed by atoms with Crippen LogP contribution >= 0.6 is 0 Å². The number of ketones is 2. The topological polar surface area (TPSA) is 96.0 Å². The van der Waals surface area contributed by atoms with E-state index in [1.54, 1.807) is 13.8 Å². The molecule has 33 heavy (non-hydrogen) atoms. The summed E-state index contributed by atoms with van der Waals surface area (Å²) in [7, 11) is 0. The maximum Gasteiger partial charge on any atom is 0.308 e. The zero-order chi connectivity index (χ0) is 25.2. The number of hydrogen-bond acceptors (Lipinski definition) is 7. The minimum Gasteiger partial charge on any atom is -0.463 e. The Hall–Kier alpha value is -1.76. The molecule has 0 aromatic carbocycles. The molecule has 0 saturated carbocycles. The van der Waals surface area contributed by atoms with Crippen LogP contribution in [0.3, 0.4) is 0 Å². The molecule has 0 bridgehead atoms. The van der Waals surface area contributed by atoms with Crippen molar-refractivity contribution in [1.29, 1.82) is 0 Å². The van der Waals surface area contributed by atoms with Crippen molar-refractivity contribution >= 4 is 23.5 Å². The second kappa shape index (κ2) is 18.6. The lowest BCUT2D eigenvalue weighted by molar-refractivity contribution is -0.151. The van der Waals surface area contributed by atoms with E-state index in [1.165, 1.54) is 0 Å². The largest absolute Gasteiger partial charge is 0.463 e. The summed E-state index contributed by atoms with van der Waals surface area (Å²) in [5.74, 6) is -0.250. The van der Waals surface area contributed by atoms with Crippen LogP contribution in [0.15, 0.2) is 0 Å². The molecule has 0 rings (SSSR count). The second-order valence-electron chi connectivity index (χ2n) is 9.34. The number of esters is 2. The lowest BCUT2D eigenvalue weighted by Gasteiger charge is -2.13. The van der Waals surface area contributed by atoms with Gasteiger partial charge in [-0.2, -0.15) is 0 Å². The quantitative estimate of drug-likeness (QED) is 0.184. The summed E-state index contributed by atoms with van der Waals surface area (Å²) in [6, 6.07) is 0. The fourth-order valence-corrected chi connectivity index (χ4v) is 3.23. The Bertz CT molecular complexity index is 537. The van der Waals surface area contributed by atoms with E-state index in [4.69, 9.17) is 14.2 Å². The number of unbranched alkanes of at least 4 members (excludes halogenated alkanes) is 2. The fourth-order valence-electron chi connectivity index (χ4n) is 3.23. The van der Waals surface area contributed by atoms with E-state index in [0.29, 0.717) is 0 Å². The minimum absolute atomic E-state index is 0.0828. The molecule has 0 aliphatic heterocycles. The first kappa shape index (κ1) is 31.2. The molecule has 0 spiro atoms. The van der Waals surface area contributed by atoms with Crippen molar-refractivity contribution in [3.05, 3.63) is 0 Å². The van der Waals surface area contributed by atoms with E-state index in [9.17, 15) is 19.2 Å². The molecule has 0 aliphatic carbocycles. The summed E-state index contributed by atoms with van der Waals surface area (Å²) in [6.07, 6.45) is 6.85. The van der Waals surface area contributed by atoms with Crippen molar-refractivity contribution in [1.82, 2.24) is 0 Å². The first-order chi connectivity index (χ1) is 15.6. The molecule has 0 aromatic heterocycles. The summed E-state index contributed by atoms with van der Waals surface area (Å²) >= 11 is 0. The first-order valence-electron chi connectivity index (χ1n) is 12.5. The van der Waals surface area contributed by atoms with Crippen LogP contribution in [0, 0.1) is 23.7 Å². The van der Waals surface area contributed by atoms with Gasteiger partial charge in [0.1, 0.15) is 24.8 Å². The normalized spacial score (nSPS) is 14.7. The highest BCUT2D eigenvalue weighted by Crippen LogP contribution is 2.16. The Morgan fingerprint density at radius 3 is 1.12 bits per heavy atom. The van der Waals surface area contributed by atoms with Crippen LogP contribution in [0.4, 0.5) is 0 Å². The van der Waals surface area contributed by atoms with Crippen LogP contribution in [0.5, 0.6) is 0 Å². The van der Waals surface area contributed by atoms with Gasteiger partial charge in [0.2, 0.25) is 0 Å². The molecule has 4 unspecified atom stereocenters. The second-order valence-corrected chi connectivity index (χ2v) is 9.34. The Balaban J connectivity index is 3.69. The molecule has 0 aromatic rings. The van der Waals surface area contributed by atoms with Crippen LogP contribution < -0.4 is 0 Å². The molecule has 0 radical (unpaired) electrons. The van der Waals surface area contributed by atoms with E-state index in [-0.39, 0.29) is 73.6 Å². The van der Waals surface area contributed by atoms with Crippen molar-refractivity contribution < 1.29 is 33.4 Å². The molecule has 192 valence electrons. The predicted octanol–water partition coefficient (Wildman–Crippen LogP) is 4.93. The minimum atomic E-state index is -0.240. The van der Waals surface area contributed by atoms with E-state index in [0.717, 1.165) is 51.4 Å². The number of carbonyl (C=O) groups is 4. The average Bonchev–Trinajstić information content (AvgIpc) is 2.77.